The van der Waals surface area contributed by atoms with Crippen molar-refractivity contribution in [2.75, 3.05) is 13.1 Å². The van der Waals surface area contributed by atoms with Gasteiger partial charge in [-0.05, 0) is 45.1 Å². The minimum Gasteiger partial charge on any atom is -0.339 e. The third-order valence-electron chi connectivity index (χ3n) is 6.47. The van der Waals surface area contributed by atoms with Crippen LogP contribution in [0.1, 0.15) is 83.5 Å². The van der Waals surface area contributed by atoms with Crippen LogP contribution in [-0.4, -0.2) is 36.3 Å². The van der Waals surface area contributed by atoms with Crippen molar-refractivity contribution in [1.82, 2.24) is 10.6 Å². The lowest BCUT2D eigenvalue weighted by Crippen LogP contribution is -2.55. The third-order valence-corrected chi connectivity index (χ3v) is 6.47. The molecule has 2 saturated heterocycles. The van der Waals surface area contributed by atoms with E-state index in [4.69, 9.17) is 4.74 Å². The molecular formula is C21H34N2O3. The van der Waals surface area contributed by atoms with E-state index in [1.807, 2.05) is 5.94 Å². The van der Waals surface area contributed by atoms with Gasteiger partial charge in [0.1, 0.15) is 11.7 Å². The van der Waals surface area contributed by atoms with Crippen LogP contribution in [0.2, 0.25) is 0 Å². The van der Waals surface area contributed by atoms with Gasteiger partial charge in [0, 0.05) is 18.5 Å². The number of allylic oxidation sites excluding steroid dienone is 1. The average molecular weight is 363 g/mol. The average Bonchev–Trinajstić information content (AvgIpc) is 2.90. The Bertz CT molecular complexity index is 517. The largest absolute Gasteiger partial charge is 0.339 e. The summed E-state index contributed by atoms with van der Waals surface area (Å²) < 4.78 is 6.69. The van der Waals surface area contributed by atoms with Gasteiger partial charge in [-0.2, -0.15) is 0 Å². The van der Waals surface area contributed by atoms with Crippen LogP contribution in [0.3, 0.4) is 0 Å². The topological polar surface area (TPSA) is 67.4 Å². The minimum atomic E-state index is -0.782. The van der Waals surface area contributed by atoms with E-state index < -0.39 is 11.3 Å². The molecule has 0 aromatic heterocycles. The molecule has 26 heavy (non-hydrogen) atoms. The lowest BCUT2D eigenvalue weighted by molar-refractivity contribution is -0.164. The van der Waals surface area contributed by atoms with Crippen LogP contribution in [0.4, 0.5) is 0 Å². The molecule has 5 nitrogen and oxygen atoms in total. The first-order chi connectivity index (χ1) is 12.7. The summed E-state index contributed by atoms with van der Waals surface area (Å²) in [5.41, 5.74) is -1.29. The molecule has 2 N–H and O–H groups in total. The number of rotatable bonds is 2. The SMILES string of the molecule is O=C=CCC1CNCCC12OC1(CCCCCCCCCCC1)NC2=O. The van der Waals surface area contributed by atoms with Crippen molar-refractivity contribution < 1.29 is 14.3 Å². The van der Waals surface area contributed by atoms with E-state index in [1.165, 1.54) is 51.0 Å². The Hall–Kier alpha value is -1.16. The second-order valence-electron chi connectivity index (χ2n) is 8.33. The molecule has 3 aliphatic rings. The van der Waals surface area contributed by atoms with Gasteiger partial charge in [-0.15, -0.1) is 0 Å². The Morgan fingerprint density at radius 3 is 2.23 bits per heavy atom. The summed E-state index contributed by atoms with van der Waals surface area (Å²) in [4.78, 5) is 23.8. The van der Waals surface area contributed by atoms with E-state index in [2.05, 4.69) is 10.6 Å². The Morgan fingerprint density at radius 2 is 1.62 bits per heavy atom. The highest BCUT2D eigenvalue weighted by Gasteiger charge is 2.58. The number of ether oxygens (including phenoxy) is 1. The smallest absolute Gasteiger partial charge is 0.254 e. The molecule has 2 unspecified atom stereocenters. The third kappa shape index (κ3) is 4.39. The molecule has 0 aromatic rings. The van der Waals surface area contributed by atoms with Gasteiger partial charge in [-0.3, -0.25) is 4.79 Å². The second kappa shape index (κ2) is 9.16. The van der Waals surface area contributed by atoms with Crippen LogP contribution in [0.5, 0.6) is 0 Å². The summed E-state index contributed by atoms with van der Waals surface area (Å²) in [6.45, 7) is 1.49. The van der Waals surface area contributed by atoms with Gasteiger partial charge in [0.25, 0.3) is 5.91 Å². The minimum absolute atomic E-state index is 0.00143. The quantitative estimate of drug-likeness (QED) is 0.740. The standard InChI is InChI=1S/C21H34N2O3/c24-16-10-11-18-17-22-15-14-21(18)19(25)23-20(26-21)12-8-6-4-2-1-3-5-7-9-13-20/h10,18,22H,1-9,11-15,17H2,(H,23,25). The lowest BCUT2D eigenvalue weighted by atomic mass is 9.79. The van der Waals surface area contributed by atoms with Crippen LogP contribution >= 0.6 is 0 Å². The fraction of sp³-hybridized carbons (Fsp3) is 0.857. The molecule has 3 rings (SSSR count). The highest BCUT2D eigenvalue weighted by atomic mass is 16.6. The molecule has 2 heterocycles. The summed E-state index contributed by atoms with van der Waals surface area (Å²) in [7, 11) is 0. The fourth-order valence-electron chi connectivity index (χ4n) is 4.96. The van der Waals surface area contributed by atoms with Gasteiger partial charge in [-0.1, -0.05) is 44.9 Å². The summed E-state index contributed by atoms with van der Waals surface area (Å²) in [6.07, 6.45) is 15.8. The number of amides is 1. The molecule has 0 bridgehead atoms. The van der Waals surface area contributed by atoms with Gasteiger partial charge < -0.3 is 15.4 Å². The molecule has 2 spiro atoms. The zero-order valence-corrected chi connectivity index (χ0v) is 16.0. The van der Waals surface area contributed by atoms with Crippen molar-refractivity contribution >= 4 is 11.8 Å². The molecule has 5 heteroatoms. The number of carbonyl (C=O) groups is 1. The number of nitrogens with one attached hydrogen (secondary N) is 2. The van der Waals surface area contributed by atoms with Crippen LogP contribution < -0.4 is 10.6 Å². The molecule has 2 aliphatic heterocycles. The van der Waals surface area contributed by atoms with Crippen molar-refractivity contribution in [2.24, 2.45) is 5.92 Å². The highest BCUT2D eigenvalue weighted by molar-refractivity contribution is 5.88. The fourth-order valence-corrected chi connectivity index (χ4v) is 4.96. The Morgan fingerprint density at radius 1 is 1.00 bits per heavy atom. The first kappa shape index (κ1) is 19.6. The van der Waals surface area contributed by atoms with Gasteiger partial charge >= 0.3 is 0 Å². The van der Waals surface area contributed by atoms with E-state index in [9.17, 15) is 9.59 Å². The van der Waals surface area contributed by atoms with Crippen molar-refractivity contribution in [3.8, 4) is 0 Å². The van der Waals surface area contributed by atoms with E-state index >= 15 is 0 Å². The molecular weight excluding hydrogens is 328 g/mol. The molecule has 0 radical (unpaired) electrons. The molecule has 1 amide bonds. The number of carbonyl (C=O) groups excluding carboxylic acids is 2. The second-order valence-corrected chi connectivity index (χ2v) is 8.33. The first-order valence-corrected chi connectivity index (χ1v) is 10.6. The maximum absolute atomic E-state index is 13.1. The monoisotopic (exact) mass is 362 g/mol. The maximum atomic E-state index is 13.1. The van der Waals surface area contributed by atoms with Crippen LogP contribution in [-0.2, 0) is 14.3 Å². The summed E-state index contributed by atoms with van der Waals surface area (Å²) in [5.74, 6) is 1.90. The first-order valence-electron chi connectivity index (χ1n) is 10.6. The zero-order chi connectivity index (χ0) is 18.3. The lowest BCUT2D eigenvalue weighted by Gasteiger charge is -2.40. The molecule has 2 atom stereocenters. The van der Waals surface area contributed by atoms with E-state index in [0.717, 1.165) is 32.2 Å². The predicted molar refractivity (Wildman–Crippen MR) is 101 cm³/mol. The summed E-state index contributed by atoms with van der Waals surface area (Å²) >= 11 is 0. The predicted octanol–water partition coefficient (Wildman–Crippen LogP) is 3.26. The van der Waals surface area contributed by atoms with Crippen molar-refractivity contribution in [1.29, 1.82) is 0 Å². The van der Waals surface area contributed by atoms with Gasteiger partial charge in [0.2, 0.25) is 0 Å². The van der Waals surface area contributed by atoms with Gasteiger partial charge in [0.05, 0.1) is 0 Å². The summed E-state index contributed by atoms with van der Waals surface area (Å²) in [6, 6.07) is 0. The van der Waals surface area contributed by atoms with Crippen molar-refractivity contribution in [3.05, 3.63) is 6.08 Å². The van der Waals surface area contributed by atoms with Gasteiger partial charge in [-0.25, -0.2) is 4.79 Å². The molecule has 3 fully saturated rings. The Labute approximate surface area is 157 Å². The van der Waals surface area contributed by atoms with Crippen molar-refractivity contribution in [2.45, 2.75) is 94.8 Å². The Kier molecular flexibility index (Phi) is 6.91. The normalized spacial score (nSPS) is 33.1. The van der Waals surface area contributed by atoms with Gasteiger partial charge in [0.15, 0.2) is 5.60 Å². The molecule has 0 aromatic carbocycles. The summed E-state index contributed by atoms with van der Waals surface area (Å²) in [5, 5.41) is 6.64. The Balaban J connectivity index is 1.75. The van der Waals surface area contributed by atoms with Crippen LogP contribution in [0, 0.1) is 5.92 Å². The highest BCUT2D eigenvalue weighted by Crippen LogP contribution is 2.43. The number of piperidine rings is 1. The number of hydrogen-bond donors (Lipinski definition) is 2. The van der Waals surface area contributed by atoms with E-state index in [0.29, 0.717) is 19.4 Å². The van der Waals surface area contributed by atoms with Crippen LogP contribution in [0.15, 0.2) is 6.08 Å². The molecule has 1 saturated carbocycles. The number of hydrogen-bond acceptors (Lipinski definition) is 4. The maximum Gasteiger partial charge on any atom is 0.254 e. The van der Waals surface area contributed by atoms with E-state index in [-0.39, 0.29) is 11.8 Å². The molecule has 146 valence electrons. The zero-order valence-electron chi connectivity index (χ0n) is 16.0. The van der Waals surface area contributed by atoms with E-state index in [1.54, 1.807) is 0 Å². The van der Waals surface area contributed by atoms with Crippen molar-refractivity contribution in [3.63, 3.8) is 0 Å². The van der Waals surface area contributed by atoms with Crippen LogP contribution in [0.25, 0.3) is 0 Å². The molecule has 1 aliphatic carbocycles.